The van der Waals surface area contributed by atoms with Crippen molar-refractivity contribution in [2.45, 2.75) is 6.54 Å². The minimum absolute atomic E-state index is 0.295. The van der Waals surface area contributed by atoms with Crippen LogP contribution >= 0.6 is 15.9 Å². The first-order valence-corrected chi connectivity index (χ1v) is 7.59. The second-order valence-electron chi connectivity index (χ2n) is 4.64. The Labute approximate surface area is 132 Å². The number of hydrogen-bond acceptors (Lipinski definition) is 4. The minimum atomic E-state index is 0.295. The molecule has 1 aliphatic rings. The Hall–Kier alpha value is -1.72. The van der Waals surface area contributed by atoms with Crippen molar-refractivity contribution in [3.63, 3.8) is 0 Å². The lowest BCUT2D eigenvalue weighted by atomic mass is 10.2. The van der Waals surface area contributed by atoms with Crippen LogP contribution in [0, 0.1) is 0 Å². The lowest BCUT2D eigenvalue weighted by Crippen LogP contribution is -2.20. The van der Waals surface area contributed by atoms with E-state index < -0.39 is 0 Å². The first-order valence-electron chi connectivity index (χ1n) is 6.79. The molecule has 0 radical (unpaired) electrons. The predicted molar refractivity (Wildman–Crippen MR) is 83.9 cm³/mol. The van der Waals surface area contributed by atoms with E-state index in [0.29, 0.717) is 13.4 Å². The van der Waals surface area contributed by atoms with Crippen LogP contribution in [0.1, 0.15) is 5.56 Å². The van der Waals surface area contributed by atoms with Gasteiger partial charge in [0.15, 0.2) is 11.5 Å². The van der Waals surface area contributed by atoms with Crippen LogP contribution < -0.4 is 19.5 Å². The van der Waals surface area contributed by atoms with Crippen molar-refractivity contribution in [1.82, 2.24) is 5.32 Å². The second kappa shape index (κ2) is 6.83. The summed E-state index contributed by atoms with van der Waals surface area (Å²) in [6.45, 7) is 2.45. The predicted octanol–water partition coefficient (Wildman–Crippen LogP) is 3.35. The van der Waals surface area contributed by atoms with E-state index in [-0.39, 0.29) is 0 Å². The molecule has 0 bridgehead atoms. The Kier molecular flexibility index (Phi) is 4.62. The van der Waals surface area contributed by atoms with Crippen molar-refractivity contribution in [1.29, 1.82) is 0 Å². The molecule has 1 heterocycles. The molecule has 0 spiro atoms. The molecule has 0 saturated heterocycles. The molecule has 0 saturated carbocycles. The Morgan fingerprint density at radius 3 is 2.67 bits per heavy atom. The smallest absolute Gasteiger partial charge is 0.231 e. The van der Waals surface area contributed by atoms with Gasteiger partial charge in [-0.25, -0.2) is 0 Å². The summed E-state index contributed by atoms with van der Waals surface area (Å²) in [5, 5.41) is 3.35. The highest BCUT2D eigenvalue weighted by molar-refractivity contribution is 9.10. The number of para-hydroxylation sites is 1. The normalized spacial score (nSPS) is 12.4. The van der Waals surface area contributed by atoms with Gasteiger partial charge < -0.3 is 19.5 Å². The second-order valence-corrected chi connectivity index (χ2v) is 5.49. The van der Waals surface area contributed by atoms with Gasteiger partial charge in [0.2, 0.25) is 6.79 Å². The van der Waals surface area contributed by atoms with Crippen LogP contribution in [0.4, 0.5) is 0 Å². The third-order valence-electron chi connectivity index (χ3n) is 3.15. The van der Waals surface area contributed by atoms with E-state index in [9.17, 15) is 0 Å². The van der Waals surface area contributed by atoms with Gasteiger partial charge >= 0.3 is 0 Å². The van der Waals surface area contributed by atoms with Gasteiger partial charge in [-0.1, -0.05) is 34.1 Å². The lowest BCUT2D eigenvalue weighted by Gasteiger charge is -2.09. The number of ether oxygens (including phenoxy) is 3. The van der Waals surface area contributed by atoms with Gasteiger partial charge in [-0.15, -0.1) is 0 Å². The summed E-state index contributed by atoms with van der Waals surface area (Å²) in [7, 11) is 0. The number of benzene rings is 2. The van der Waals surface area contributed by atoms with E-state index in [2.05, 4.69) is 21.2 Å². The van der Waals surface area contributed by atoms with Crippen molar-refractivity contribution in [3.05, 3.63) is 52.5 Å². The van der Waals surface area contributed by atoms with E-state index in [4.69, 9.17) is 14.2 Å². The Morgan fingerprint density at radius 2 is 1.86 bits per heavy atom. The lowest BCUT2D eigenvalue weighted by molar-refractivity contribution is 0.174. The molecule has 0 aromatic heterocycles. The van der Waals surface area contributed by atoms with Crippen molar-refractivity contribution >= 4 is 15.9 Å². The number of halogens is 1. The Morgan fingerprint density at radius 1 is 1.10 bits per heavy atom. The maximum atomic E-state index is 5.63. The number of fused-ring (bicyclic) bond motifs is 1. The van der Waals surface area contributed by atoms with Crippen LogP contribution in [-0.4, -0.2) is 19.9 Å². The third kappa shape index (κ3) is 3.68. The summed E-state index contributed by atoms with van der Waals surface area (Å²) < 4.78 is 17.4. The fraction of sp³-hybridized carbons (Fsp3) is 0.250. The summed E-state index contributed by atoms with van der Waals surface area (Å²) in [6, 6.07) is 13.8. The molecule has 4 nitrogen and oxygen atoms in total. The van der Waals surface area contributed by atoms with Gasteiger partial charge in [0.05, 0.1) is 0 Å². The third-order valence-corrected chi connectivity index (χ3v) is 3.89. The van der Waals surface area contributed by atoms with E-state index in [1.54, 1.807) is 0 Å². The molecule has 0 aliphatic carbocycles. The summed E-state index contributed by atoms with van der Waals surface area (Å²) in [5.74, 6) is 2.48. The number of hydrogen-bond donors (Lipinski definition) is 1. The molecule has 0 fully saturated rings. The Bertz CT molecular complexity index is 604. The van der Waals surface area contributed by atoms with Crippen LogP contribution in [-0.2, 0) is 6.54 Å². The zero-order valence-electron chi connectivity index (χ0n) is 11.5. The fourth-order valence-electron chi connectivity index (χ4n) is 2.08. The SMILES string of the molecule is Brc1cc2c(cc1CNCCOc1ccccc1)OCO2. The van der Waals surface area contributed by atoms with Crippen molar-refractivity contribution < 1.29 is 14.2 Å². The molecule has 5 heteroatoms. The highest BCUT2D eigenvalue weighted by Gasteiger charge is 2.15. The number of rotatable bonds is 6. The molecule has 0 amide bonds. The van der Waals surface area contributed by atoms with Crippen LogP contribution in [0.15, 0.2) is 46.9 Å². The molecular formula is C16H16BrNO3. The molecule has 1 N–H and O–H groups in total. The van der Waals surface area contributed by atoms with Gasteiger partial charge in [0, 0.05) is 17.6 Å². The van der Waals surface area contributed by atoms with E-state index in [0.717, 1.165) is 40.4 Å². The largest absolute Gasteiger partial charge is 0.492 e. The standard InChI is InChI=1S/C16H16BrNO3/c17-14-9-16-15(20-11-21-16)8-12(14)10-18-6-7-19-13-4-2-1-3-5-13/h1-5,8-9,18H,6-7,10-11H2. The van der Waals surface area contributed by atoms with E-state index in [1.165, 1.54) is 0 Å². The molecule has 110 valence electrons. The molecule has 1 aliphatic heterocycles. The topological polar surface area (TPSA) is 39.7 Å². The van der Waals surface area contributed by atoms with Crippen LogP contribution in [0.5, 0.6) is 17.2 Å². The molecule has 21 heavy (non-hydrogen) atoms. The van der Waals surface area contributed by atoms with E-state index >= 15 is 0 Å². The summed E-state index contributed by atoms with van der Waals surface area (Å²) >= 11 is 3.55. The van der Waals surface area contributed by atoms with Gasteiger partial charge in [0.1, 0.15) is 12.4 Å². The molecule has 2 aromatic rings. The Balaban J connectivity index is 1.45. The molecule has 0 unspecified atom stereocenters. The van der Waals surface area contributed by atoms with Crippen LogP contribution in [0.25, 0.3) is 0 Å². The quantitative estimate of drug-likeness (QED) is 0.812. The van der Waals surface area contributed by atoms with Crippen molar-refractivity contribution in [3.8, 4) is 17.2 Å². The maximum absolute atomic E-state index is 5.63. The van der Waals surface area contributed by atoms with Crippen molar-refractivity contribution in [2.24, 2.45) is 0 Å². The minimum Gasteiger partial charge on any atom is -0.492 e. The average molecular weight is 350 g/mol. The van der Waals surface area contributed by atoms with Crippen molar-refractivity contribution in [2.75, 3.05) is 19.9 Å². The van der Waals surface area contributed by atoms with Gasteiger partial charge in [0.25, 0.3) is 0 Å². The van der Waals surface area contributed by atoms with E-state index in [1.807, 2.05) is 42.5 Å². The van der Waals surface area contributed by atoms with Gasteiger partial charge in [-0.2, -0.15) is 0 Å². The van der Waals surface area contributed by atoms with Crippen LogP contribution in [0.2, 0.25) is 0 Å². The van der Waals surface area contributed by atoms with Crippen LogP contribution in [0.3, 0.4) is 0 Å². The highest BCUT2D eigenvalue weighted by Crippen LogP contribution is 2.36. The highest BCUT2D eigenvalue weighted by atomic mass is 79.9. The number of nitrogens with one attached hydrogen (secondary N) is 1. The molecule has 3 rings (SSSR count). The molecule has 0 atom stereocenters. The first-order chi connectivity index (χ1) is 10.3. The summed E-state index contributed by atoms with van der Waals surface area (Å²) in [5.41, 5.74) is 1.14. The first kappa shape index (κ1) is 14.2. The average Bonchev–Trinajstić information content (AvgIpc) is 2.95. The maximum Gasteiger partial charge on any atom is 0.231 e. The van der Waals surface area contributed by atoms with Gasteiger partial charge in [-0.05, 0) is 29.8 Å². The molecular weight excluding hydrogens is 334 g/mol. The fourth-order valence-corrected chi connectivity index (χ4v) is 2.54. The zero-order valence-corrected chi connectivity index (χ0v) is 13.1. The summed E-state index contributed by atoms with van der Waals surface area (Å²) in [6.07, 6.45) is 0. The van der Waals surface area contributed by atoms with Gasteiger partial charge in [-0.3, -0.25) is 0 Å². The monoisotopic (exact) mass is 349 g/mol. The zero-order chi connectivity index (χ0) is 14.5. The summed E-state index contributed by atoms with van der Waals surface area (Å²) in [4.78, 5) is 0. The molecule has 2 aromatic carbocycles.